The zero-order chi connectivity index (χ0) is 13.1. The molecule has 18 heavy (non-hydrogen) atoms. The Labute approximate surface area is 111 Å². The molecule has 1 heterocycles. The van der Waals surface area contributed by atoms with Crippen LogP contribution in [0.4, 0.5) is 11.8 Å². The van der Waals surface area contributed by atoms with Gasteiger partial charge < -0.3 is 10.6 Å². The second-order valence-electron chi connectivity index (χ2n) is 4.19. The summed E-state index contributed by atoms with van der Waals surface area (Å²) in [7, 11) is 1.95. The van der Waals surface area contributed by atoms with Gasteiger partial charge >= 0.3 is 0 Å². The van der Waals surface area contributed by atoms with Gasteiger partial charge in [0.1, 0.15) is 11.0 Å². The van der Waals surface area contributed by atoms with E-state index in [0.29, 0.717) is 5.15 Å². The van der Waals surface area contributed by atoms with Gasteiger partial charge in [0.05, 0.1) is 0 Å². The third-order valence-electron chi connectivity index (χ3n) is 2.76. The van der Waals surface area contributed by atoms with Gasteiger partial charge in [0.2, 0.25) is 5.95 Å². The number of hydrogen-bond acceptors (Lipinski definition) is 4. The monoisotopic (exact) mass is 262 g/mol. The van der Waals surface area contributed by atoms with Crippen molar-refractivity contribution >= 4 is 23.4 Å². The highest BCUT2D eigenvalue weighted by Gasteiger charge is 2.07. The maximum absolute atomic E-state index is 5.87. The average molecular weight is 263 g/mol. The molecule has 0 unspecified atom stereocenters. The summed E-state index contributed by atoms with van der Waals surface area (Å²) < 4.78 is 0. The number of rotatable bonds is 3. The lowest BCUT2D eigenvalue weighted by Crippen LogP contribution is -2.19. The van der Waals surface area contributed by atoms with Gasteiger partial charge in [-0.25, -0.2) is 4.98 Å². The van der Waals surface area contributed by atoms with Crippen molar-refractivity contribution in [2.75, 3.05) is 17.7 Å². The molecule has 1 aromatic heterocycles. The lowest BCUT2D eigenvalue weighted by Gasteiger charge is -2.19. The Balaban J connectivity index is 2.22. The number of nitrogen functional groups attached to an aromatic ring is 1. The van der Waals surface area contributed by atoms with Crippen molar-refractivity contribution in [3.8, 4) is 0 Å². The molecule has 0 amide bonds. The molecule has 0 saturated carbocycles. The Kier molecular flexibility index (Phi) is 3.67. The minimum Gasteiger partial charge on any atom is -0.368 e. The van der Waals surface area contributed by atoms with Crippen LogP contribution in [0.15, 0.2) is 30.3 Å². The molecular formula is C13H15ClN4. The number of nitrogens with zero attached hydrogens (tertiary/aromatic N) is 3. The van der Waals surface area contributed by atoms with Gasteiger partial charge in [0.25, 0.3) is 0 Å². The summed E-state index contributed by atoms with van der Waals surface area (Å²) in [4.78, 5) is 10.0. The molecule has 0 aliphatic carbocycles. The van der Waals surface area contributed by atoms with Gasteiger partial charge in [-0.3, -0.25) is 0 Å². The van der Waals surface area contributed by atoms with Gasteiger partial charge in [-0.2, -0.15) is 4.98 Å². The summed E-state index contributed by atoms with van der Waals surface area (Å²) in [6, 6.07) is 9.94. The van der Waals surface area contributed by atoms with E-state index < -0.39 is 0 Å². The zero-order valence-electron chi connectivity index (χ0n) is 10.4. The summed E-state index contributed by atoms with van der Waals surface area (Å²) in [6.45, 7) is 2.84. The van der Waals surface area contributed by atoms with Crippen molar-refractivity contribution in [3.05, 3.63) is 46.6 Å². The number of benzene rings is 1. The fraction of sp³-hybridized carbons (Fsp3) is 0.231. The van der Waals surface area contributed by atoms with Crippen molar-refractivity contribution in [2.45, 2.75) is 13.5 Å². The van der Waals surface area contributed by atoms with Crippen LogP contribution in [0.3, 0.4) is 0 Å². The SMILES string of the molecule is Cc1ccccc1CN(C)c1cc(Cl)nc(N)n1. The molecule has 1 aromatic carbocycles. The maximum atomic E-state index is 5.87. The van der Waals surface area contributed by atoms with E-state index in [2.05, 4.69) is 29.0 Å². The fourth-order valence-electron chi connectivity index (χ4n) is 1.74. The average Bonchev–Trinajstić information content (AvgIpc) is 2.31. The summed E-state index contributed by atoms with van der Waals surface area (Å²) in [6.07, 6.45) is 0. The predicted octanol–water partition coefficient (Wildman–Crippen LogP) is 2.66. The molecule has 0 aliphatic rings. The quantitative estimate of drug-likeness (QED) is 0.864. The number of anilines is 2. The summed E-state index contributed by atoms with van der Waals surface area (Å²) in [5.41, 5.74) is 8.08. The van der Waals surface area contributed by atoms with Crippen LogP contribution >= 0.6 is 11.6 Å². The first-order chi connectivity index (χ1) is 8.56. The molecule has 0 aliphatic heterocycles. The molecular weight excluding hydrogens is 248 g/mol. The van der Waals surface area contributed by atoms with Gasteiger partial charge in [-0.1, -0.05) is 35.9 Å². The highest BCUT2D eigenvalue weighted by molar-refractivity contribution is 6.29. The molecule has 5 heteroatoms. The van der Waals surface area contributed by atoms with E-state index in [-0.39, 0.29) is 5.95 Å². The van der Waals surface area contributed by atoms with Gasteiger partial charge in [0.15, 0.2) is 0 Å². The van der Waals surface area contributed by atoms with Crippen molar-refractivity contribution in [1.29, 1.82) is 0 Å². The van der Waals surface area contributed by atoms with Crippen LogP contribution in [0.2, 0.25) is 5.15 Å². The largest absolute Gasteiger partial charge is 0.368 e. The fourth-order valence-corrected chi connectivity index (χ4v) is 1.93. The Hall–Kier alpha value is -1.81. The molecule has 0 bridgehead atoms. The third-order valence-corrected chi connectivity index (χ3v) is 2.95. The normalized spacial score (nSPS) is 10.4. The minimum atomic E-state index is 0.189. The number of aromatic nitrogens is 2. The van der Waals surface area contributed by atoms with Crippen LogP contribution in [-0.4, -0.2) is 17.0 Å². The lowest BCUT2D eigenvalue weighted by atomic mass is 10.1. The van der Waals surface area contributed by atoms with E-state index in [1.807, 2.05) is 24.1 Å². The molecule has 2 aromatic rings. The van der Waals surface area contributed by atoms with Crippen molar-refractivity contribution in [1.82, 2.24) is 9.97 Å². The molecule has 2 rings (SSSR count). The number of halogens is 1. The first kappa shape index (κ1) is 12.6. The van der Waals surface area contributed by atoms with Gasteiger partial charge in [-0.05, 0) is 18.1 Å². The van der Waals surface area contributed by atoms with E-state index in [9.17, 15) is 0 Å². The van der Waals surface area contributed by atoms with Crippen LogP contribution < -0.4 is 10.6 Å². The molecule has 4 nitrogen and oxygen atoms in total. The van der Waals surface area contributed by atoms with Crippen LogP contribution in [0.25, 0.3) is 0 Å². The molecule has 2 N–H and O–H groups in total. The first-order valence-electron chi connectivity index (χ1n) is 5.62. The first-order valence-corrected chi connectivity index (χ1v) is 6.00. The molecule has 0 fully saturated rings. The number of nitrogens with two attached hydrogens (primary N) is 1. The lowest BCUT2D eigenvalue weighted by molar-refractivity contribution is 0.887. The molecule has 94 valence electrons. The Morgan fingerprint density at radius 3 is 2.67 bits per heavy atom. The zero-order valence-corrected chi connectivity index (χ0v) is 11.1. The number of hydrogen-bond donors (Lipinski definition) is 1. The molecule has 0 spiro atoms. The summed E-state index contributed by atoms with van der Waals surface area (Å²) >= 11 is 5.87. The van der Waals surface area contributed by atoms with E-state index in [1.165, 1.54) is 11.1 Å². The minimum absolute atomic E-state index is 0.189. The molecule has 0 saturated heterocycles. The summed E-state index contributed by atoms with van der Waals surface area (Å²) in [5, 5.41) is 0.356. The Morgan fingerprint density at radius 2 is 2.00 bits per heavy atom. The van der Waals surface area contributed by atoms with E-state index in [4.69, 9.17) is 17.3 Å². The van der Waals surface area contributed by atoms with E-state index in [0.717, 1.165) is 12.4 Å². The second kappa shape index (κ2) is 5.23. The number of aryl methyl sites for hydroxylation is 1. The van der Waals surface area contributed by atoms with Gasteiger partial charge in [0, 0.05) is 19.7 Å². The molecule has 0 atom stereocenters. The highest BCUT2D eigenvalue weighted by atomic mass is 35.5. The Bertz CT molecular complexity index is 536. The smallest absolute Gasteiger partial charge is 0.223 e. The van der Waals surface area contributed by atoms with Crippen molar-refractivity contribution < 1.29 is 0 Å². The van der Waals surface area contributed by atoms with Crippen molar-refractivity contribution in [2.24, 2.45) is 0 Å². The van der Waals surface area contributed by atoms with Crippen LogP contribution in [-0.2, 0) is 6.54 Å². The van der Waals surface area contributed by atoms with Crippen LogP contribution in [0.5, 0.6) is 0 Å². The second-order valence-corrected chi connectivity index (χ2v) is 4.58. The van der Waals surface area contributed by atoms with Gasteiger partial charge in [-0.15, -0.1) is 0 Å². The van der Waals surface area contributed by atoms with Crippen LogP contribution in [0, 0.1) is 6.92 Å². The molecule has 0 radical (unpaired) electrons. The topological polar surface area (TPSA) is 55.0 Å². The maximum Gasteiger partial charge on any atom is 0.223 e. The highest BCUT2D eigenvalue weighted by Crippen LogP contribution is 2.18. The van der Waals surface area contributed by atoms with E-state index >= 15 is 0 Å². The Morgan fingerprint density at radius 1 is 1.28 bits per heavy atom. The summed E-state index contributed by atoms with van der Waals surface area (Å²) in [5.74, 6) is 0.907. The third kappa shape index (κ3) is 2.90. The van der Waals surface area contributed by atoms with Crippen LogP contribution in [0.1, 0.15) is 11.1 Å². The standard InChI is InChI=1S/C13H15ClN4/c1-9-5-3-4-6-10(9)8-18(2)12-7-11(14)16-13(15)17-12/h3-7H,8H2,1-2H3,(H2,15,16,17). The van der Waals surface area contributed by atoms with E-state index in [1.54, 1.807) is 6.07 Å². The predicted molar refractivity (Wildman–Crippen MR) is 74.7 cm³/mol. The van der Waals surface area contributed by atoms with Crippen molar-refractivity contribution in [3.63, 3.8) is 0 Å².